The predicted octanol–water partition coefficient (Wildman–Crippen LogP) is 2.61. The van der Waals surface area contributed by atoms with Crippen LogP contribution >= 0.6 is 0 Å². The fraction of sp³-hybridized carbons (Fsp3) is 0.647. The molecule has 0 saturated carbocycles. The van der Waals surface area contributed by atoms with Gasteiger partial charge in [-0.15, -0.1) is 0 Å². The molecule has 0 aromatic heterocycles. The third-order valence-electron chi connectivity index (χ3n) is 4.67. The molecule has 1 unspecified atom stereocenters. The molecule has 2 heterocycles. The Morgan fingerprint density at radius 3 is 2.95 bits per heavy atom. The van der Waals surface area contributed by atoms with Gasteiger partial charge in [-0.3, -0.25) is 4.90 Å². The summed E-state index contributed by atoms with van der Waals surface area (Å²) < 4.78 is 13.6. The Morgan fingerprint density at radius 1 is 1.29 bits per heavy atom. The van der Waals surface area contributed by atoms with Gasteiger partial charge in [0.15, 0.2) is 0 Å². The second-order valence-corrected chi connectivity index (χ2v) is 6.59. The van der Waals surface area contributed by atoms with Crippen LogP contribution in [0.4, 0.5) is 10.1 Å². The largest absolute Gasteiger partial charge is 0.368 e. The predicted molar refractivity (Wildman–Crippen MR) is 85.2 cm³/mol. The molecule has 2 aliphatic heterocycles. The van der Waals surface area contributed by atoms with E-state index in [4.69, 9.17) is 0 Å². The minimum atomic E-state index is -0.140. The highest BCUT2D eigenvalue weighted by atomic mass is 19.1. The third kappa shape index (κ3) is 3.38. The van der Waals surface area contributed by atoms with E-state index in [1.807, 2.05) is 6.07 Å². The smallest absolute Gasteiger partial charge is 0.123 e. The molecule has 1 N–H and O–H groups in total. The first-order valence-corrected chi connectivity index (χ1v) is 8.14. The van der Waals surface area contributed by atoms with Crippen molar-refractivity contribution in [3.05, 3.63) is 29.6 Å². The summed E-state index contributed by atoms with van der Waals surface area (Å²) in [4.78, 5) is 5.05. The maximum absolute atomic E-state index is 13.6. The van der Waals surface area contributed by atoms with Crippen molar-refractivity contribution >= 4 is 5.69 Å². The Labute approximate surface area is 127 Å². The molecule has 0 radical (unpaired) electrons. The van der Waals surface area contributed by atoms with Crippen LogP contribution in [-0.4, -0.2) is 43.2 Å². The maximum Gasteiger partial charge on any atom is 0.123 e. The molecule has 2 fully saturated rings. The van der Waals surface area contributed by atoms with Gasteiger partial charge in [0.25, 0.3) is 0 Å². The van der Waals surface area contributed by atoms with Gasteiger partial charge in [-0.25, -0.2) is 4.39 Å². The molecule has 1 atom stereocenters. The molecule has 2 saturated heterocycles. The van der Waals surface area contributed by atoms with Crippen LogP contribution in [0.3, 0.4) is 0 Å². The Balaban J connectivity index is 1.77. The SMILES string of the molecule is CC(C)NCc1cc(F)ccc1N1CCN2CCCC2C1. The van der Waals surface area contributed by atoms with Crippen molar-refractivity contribution in [1.82, 2.24) is 10.2 Å². The molecule has 1 aromatic carbocycles. The van der Waals surface area contributed by atoms with Gasteiger partial charge in [0.05, 0.1) is 0 Å². The van der Waals surface area contributed by atoms with Gasteiger partial charge in [0.1, 0.15) is 5.82 Å². The van der Waals surface area contributed by atoms with Gasteiger partial charge >= 0.3 is 0 Å². The van der Waals surface area contributed by atoms with Gasteiger partial charge in [-0.2, -0.15) is 0 Å². The molecule has 4 heteroatoms. The van der Waals surface area contributed by atoms with Gasteiger partial charge in [0.2, 0.25) is 0 Å². The molecule has 3 nitrogen and oxygen atoms in total. The fourth-order valence-electron chi connectivity index (χ4n) is 3.53. The average Bonchev–Trinajstić information content (AvgIpc) is 2.92. The zero-order valence-electron chi connectivity index (χ0n) is 13.1. The Bertz CT molecular complexity index is 489. The molecule has 21 heavy (non-hydrogen) atoms. The highest BCUT2D eigenvalue weighted by Gasteiger charge is 2.31. The van der Waals surface area contributed by atoms with E-state index in [2.05, 4.69) is 29.0 Å². The van der Waals surface area contributed by atoms with Gasteiger partial charge in [-0.05, 0) is 43.1 Å². The van der Waals surface area contributed by atoms with Crippen LogP contribution in [0.25, 0.3) is 0 Å². The molecular weight excluding hydrogens is 265 g/mol. The van der Waals surface area contributed by atoms with E-state index < -0.39 is 0 Å². The van der Waals surface area contributed by atoms with E-state index in [1.54, 1.807) is 12.1 Å². The number of piperazine rings is 1. The quantitative estimate of drug-likeness (QED) is 0.920. The fourth-order valence-corrected chi connectivity index (χ4v) is 3.53. The summed E-state index contributed by atoms with van der Waals surface area (Å²) in [6.45, 7) is 9.50. The molecule has 0 aliphatic carbocycles. The number of benzene rings is 1. The van der Waals surface area contributed by atoms with Crippen molar-refractivity contribution in [1.29, 1.82) is 0 Å². The van der Waals surface area contributed by atoms with Crippen LogP contribution in [0.2, 0.25) is 0 Å². The van der Waals surface area contributed by atoms with Gasteiger partial charge < -0.3 is 10.2 Å². The van der Waals surface area contributed by atoms with Crippen molar-refractivity contribution in [2.45, 2.75) is 45.3 Å². The van der Waals surface area contributed by atoms with E-state index in [9.17, 15) is 4.39 Å². The van der Waals surface area contributed by atoms with Crippen LogP contribution in [0, 0.1) is 5.82 Å². The number of nitrogens with zero attached hydrogens (tertiary/aromatic N) is 2. The summed E-state index contributed by atoms with van der Waals surface area (Å²) in [5, 5.41) is 3.41. The summed E-state index contributed by atoms with van der Waals surface area (Å²) in [5.74, 6) is -0.140. The zero-order chi connectivity index (χ0) is 14.8. The minimum absolute atomic E-state index is 0.140. The van der Waals surface area contributed by atoms with Crippen molar-refractivity contribution in [3.63, 3.8) is 0 Å². The molecule has 0 bridgehead atoms. The van der Waals surface area contributed by atoms with E-state index in [0.717, 1.165) is 31.7 Å². The summed E-state index contributed by atoms with van der Waals surface area (Å²) in [7, 11) is 0. The number of fused-ring (bicyclic) bond motifs is 1. The van der Waals surface area contributed by atoms with Gasteiger partial charge in [-0.1, -0.05) is 13.8 Å². The minimum Gasteiger partial charge on any atom is -0.368 e. The standard InChI is InChI=1S/C17H26FN3/c1-13(2)19-11-14-10-15(18)5-6-17(14)21-9-8-20-7-3-4-16(20)12-21/h5-6,10,13,16,19H,3-4,7-9,11-12H2,1-2H3. The van der Waals surface area contributed by atoms with Crippen molar-refractivity contribution in [2.75, 3.05) is 31.1 Å². The van der Waals surface area contributed by atoms with Crippen molar-refractivity contribution in [2.24, 2.45) is 0 Å². The number of rotatable bonds is 4. The first-order chi connectivity index (χ1) is 10.1. The van der Waals surface area contributed by atoms with Crippen LogP contribution in [0.15, 0.2) is 18.2 Å². The van der Waals surface area contributed by atoms with Gasteiger partial charge in [0, 0.05) is 44.0 Å². The third-order valence-corrected chi connectivity index (χ3v) is 4.67. The zero-order valence-corrected chi connectivity index (χ0v) is 13.1. The molecule has 0 spiro atoms. The van der Waals surface area contributed by atoms with E-state index >= 15 is 0 Å². The second-order valence-electron chi connectivity index (χ2n) is 6.59. The lowest BCUT2D eigenvalue weighted by molar-refractivity contribution is 0.230. The number of nitrogens with one attached hydrogen (secondary N) is 1. The Hall–Kier alpha value is -1.13. The number of halogens is 1. The Morgan fingerprint density at radius 2 is 2.14 bits per heavy atom. The van der Waals surface area contributed by atoms with Crippen LogP contribution < -0.4 is 10.2 Å². The summed E-state index contributed by atoms with van der Waals surface area (Å²) in [5.41, 5.74) is 2.28. The molecular formula is C17H26FN3. The van der Waals surface area contributed by atoms with E-state index in [1.165, 1.54) is 25.1 Å². The van der Waals surface area contributed by atoms with Crippen LogP contribution in [0.5, 0.6) is 0 Å². The summed E-state index contributed by atoms with van der Waals surface area (Å²) in [6, 6.07) is 6.33. The molecule has 3 rings (SSSR count). The number of hydrogen-bond donors (Lipinski definition) is 1. The number of anilines is 1. The van der Waals surface area contributed by atoms with E-state index in [0.29, 0.717) is 12.1 Å². The Kier molecular flexibility index (Phi) is 4.45. The molecule has 2 aliphatic rings. The lowest BCUT2D eigenvalue weighted by atomic mass is 10.1. The van der Waals surface area contributed by atoms with Crippen LogP contribution in [-0.2, 0) is 6.54 Å². The highest BCUT2D eigenvalue weighted by Crippen LogP contribution is 2.28. The van der Waals surface area contributed by atoms with Crippen molar-refractivity contribution in [3.8, 4) is 0 Å². The molecule has 1 aromatic rings. The van der Waals surface area contributed by atoms with Crippen LogP contribution in [0.1, 0.15) is 32.3 Å². The van der Waals surface area contributed by atoms with E-state index in [-0.39, 0.29) is 5.82 Å². The first kappa shape index (κ1) is 14.8. The normalized spacial score (nSPS) is 22.9. The first-order valence-electron chi connectivity index (χ1n) is 8.14. The molecule has 116 valence electrons. The monoisotopic (exact) mass is 291 g/mol. The lowest BCUT2D eigenvalue weighted by Crippen LogP contribution is -2.50. The van der Waals surface area contributed by atoms with Crippen molar-refractivity contribution < 1.29 is 4.39 Å². The number of hydrogen-bond acceptors (Lipinski definition) is 3. The summed E-state index contributed by atoms with van der Waals surface area (Å²) >= 11 is 0. The highest BCUT2D eigenvalue weighted by molar-refractivity contribution is 5.54. The second kappa shape index (κ2) is 6.32. The average molecular weight is 291 g/mol. The topological polar surface area (TPSA) is 18.5 Å². The lowest BCUT2D eigenvalue weighted by Gasteiger charge is -2.39. The maximum atomic E-state index is 13.6. The molecule has 0 amide bonds. The summed E-state index contributed by atoms with van der Waals surface area (Å²) in [6.07, 6.45) is 2.63.